The molecular weight excluding hydrogens is 301 g/mol. The van der Waals surface area contributed by atoms with Gasteiger partial charge in [0.05, 0.1) is 0 Å². The highest BCUT2D eigenvalue weighted by atomic mass is 19.1. The number of hydrogen-bond donors (Lipinski definition) is 0. The molecule has 1 aromatic carbocycles. The van der Waals surface area contributed by atoms with Crippen molar-refractivity contribution in [3.8, 4) is 0 Å². The molecule has 1 saturated heterocycles. The molecule has 0 unspecified atom stereocenters. The summed E-state index contributed by atoms with van der Waals surface area (Å²) in [6, 6.07) is 5.59. The van der Waals surface area contributed by atoms with Crippen molar-refractivity contribution < 1.29 is 18.8 Å². The van der Waals surface area contributed by atoms with E-state index >= 15 is 0 Å². The molecule has 1 heterocycles. The molecule has 3 amide bonds. The predicted octanol–water partition coefficient (Wildman–Crippen LogP) is 0.869. The first-order chi connectivity index (χ1) is 10.9. The maximum Gasteiger partial charge on any atom is 0.242 e. The lowest BCUT2D eigenvalue weighted by Crippen LogP contribution is -2.52. The first-order valence-corrected chi connectivity index (χ1v) is 7.45. The van der Waals surface area contributed by atoms with Crippen LogP contribution in [0.5, 0.6) is 0 Å². The quantitative estimate of drug-likeness (QED) is 0.830. The van der Waals surface area contributed by atoms with Gasteiger partial charge in [-0.2, -0.15) is 0 Å². The molecule has 0 N–H and O–H groups in total. The zero-order chi connectivity index (χ0) is 17.0. The molecule has 0 aliphatic carbocycles. The minimum absolute atomic E-state index is 0.0118. The molecule has 0 bridgehead atoms. The standard InChI is InChI=1S/C16H20FN3O3/c1-12(21)18-6-8-19(9-7-18)16(23)11-20(13(2)22)15-5-3-4-14(17)10-15/h3-5,10H,6-9,11H2,1-2H3. The van der Waals surface area contributed by atoms with Gasteiger partial charge in [-0.25, -0.2) is 4.39 Å². The molecule has 23 heavy (non-hydrogen) atoms. The average Bonchev–Trinajstić information content (AvgIpc) is 2.52. The van der Waals surface area contributed by atoms with Crippen molar-refractivity contribution in [3.63, 3.8) is 0 Å². The number of hydrogen-bond acceptors (Lipinski definition) is 3. The highest BCUT2D eigenvalue weighted by Gasteiger charge is 2.25. The van der Waals surface area contributed by atoms with Crippen molar-refractivity contribution in [1.29, 1.82) is 0 Å². The summed E-state index contributed by atoms with van der Waals surface area (Å²) in [6.07, 6.45) is 0. The first kappa shape index (κ1) is 16.9. The van der Waals surface area contributed by atoms with Gasteiger partial charge in [0, 0.05) is 45.7 Å². The van der Waals surface area contributed by atoms with Crippen molar-refractivity contribution in [1.82, 2.24) is 9.80 Å². The first-order valence-electron chi connectivity index (χ1n) is 7.45. The van der Waals surface area contributed by atoms with E-state index < -0.39 is 5.82 Å². The summed E-state index contributed by atoms with van der Waals surface area (Å²) < 4.78 is 13.3. The maximum atomic E-state index is 13.3. The number of nitrogens with zero attached hydrogens (tertiary/aromatic N) is 3. The van der Waals surface area contributed by atoms with Crippen LogP contribution in [0.4, 0.5) is 10.1 Å². The molecule has 0 radical (unpaired) electrons. The number of halogens is 1. The van der Waals surface area contributed by atoms with Gasteiger partial charge in [-0.15, -0.1) is 0 Å². The molecule has 6 nitrogen and oxygen atoms in total. The average molecular weight is 321 g/mol. The van der Waals surface area contributed by atoms with E-state index in [2.05, 4.69) is 0 Å². The van der Waals surface area contributed by atoms with Gasteiger partial charge in [0.15, 0.2) is 0 Å². The van der Waals surface area contributed by atoms with Crippen molar-refractivity contribution in [2.75, 3.05) is 37.6 Å². The molecule has 124 valence electrons. The normalized spacial score (nSPS) is 14.6. The van der Waals surface area contributed by atoms with E-state index in [-0.39, 0.29) is 24.3 Å². The van der Waals surface area contributed by atoms with Crippen molar-refractivity contribution in [3.05, 3.63) is 30.1 Å². The lowest BCUT2D eigenvalue weighted by atomic mass is 10.2. The van der Waals surface area contributed by atoms with Crippen LogP contribution in [-0.4, -0.2) is 60.2 Å². The molecule has 0 saturated carbocycles. The number of piperazine rings is 1. The molecule has 1 fully saturated rings. The van der Waals surface area contributed by atoms with Gasteiger partial charge in [0.1, 0.15) is 12.4 Å². The van der Waals surface area contributed by atoms with Crippen LogP contribution in [0.1, 0.15) is 13.8 Å². The van der Waals surface area contributed by atoms with Crippen LogP contribution in [0, 0.1) is 5.82 Å². The second kappa shape index (κ2) is 7.21. The van der Waals surface area contributed by atoms with Gasteiger partial charge in [-0.05, 0) is 18.2 Å². The van der Waals surface area contributed by atoms with Crippen LogP contribution in [0.3, 0.4) is 0 Å². The third-order valence-corrected chi connectivity index (χ3v) is 3.87. The summed E-state index contributed by atoms with van der Waals surface area (Å²) in [5.41, 5.74) is 0.355. The minimum atomic E-state index is -0.462. The van der Waals surface area contributed by atoms with Gasteiger partial charge < -0.3 is 14.7 Å². The van der Waals surface area contributed by atoms with Crippen LogP contribution in [-0.2, 0) is 14.4 Å². The molecule has 2 rings (SSSR count). The van der Waals surface area contributed by atoms with Crippen LogP contribution < -0.4 is 4.90 Å². The Labute approximate surface area is 134 Å². The van der Waals surface area contributed by atoms with Crippen LogP contribution in [0.25, 0.3) is 0 Å². The van der Waals surface area contributed by atoms with Crippen molar-refractivity contribution in [2.24, 2.45) is 0 Å². The lowest BCUT2D eigenvalue weighted by Gasteiger charge is -2.35. The largest absolute Gasteiger partial charge is 0.339 e. The van der Waals surface area contributed by atoms with E-state index in [1.807, 2.05) is 0 Å². The Hall–Kier alpha value is -2.44. The van der Waals surface area contributed by atoms with Gasteiger partial charge >= 0.3 is 0 Å². The minimum Gasteiger partial charge on any atom is -0.339 e. The zero-order valence-corrected chi connectivity index (χ0v) is 13.3. The number of rotatable bonds is 3. The highest BCUT2D eigenvalue weighted by Crippen LogP contribution is 2.16. The van der Waals surface area contributed by atoms with E-state index in [1.165, 1.54) is 36.9 Å². The molecule has 7 heteroatoms. The number of anilines is 1. The summed E-state index contributed by atoms with van der Waals surface area (Å²) in [5.74, 6) is -1.02. The third-order valence-electron chi connectivity index (χ3n) is 3.87. The number of benzene rings is 1. The Morgan fingerprint density at radius 2 is 1.70 bits per heavy atom. The SMILES string of the molecule is CC(=O)N1CCN(C(=O)CN(C(C)=O)c2cccc(F)c2)CC1. The number of carbonyl (C=O) groups is 3. The molecule has 0 spiro atoms. The fourth-order valence-electron chi connectivity index (χ4n) is 2.53. The highest BCUT2D eigenvalue weighted by molar-refractivity contribution is 5.97. The smallest absolute Gasteiger partial charge is 0.242 e. The Balaban J connectivity index is 2.02. The van der Waals surface area contributed by atoms with Crippen LogP contribution in [0.15, 0.2) is 24.3 Å². The Morgan fingerprint density at radius 1 is 1.09 bits per heavy atom. The number of carbonyl (C=O) groups excluding carboxylic acids is 3. The summed E-state index contributed by atoms with van der Waals surface area (Å²) in [4.78, 5) is 40.0. The molecule has 1 aliphatic rings. The summed E-state index contributed by atoms with van der Waals surface area (Å²) in [5, 5.41) is 0. The van der Waals surface area contributed by atoms with Gasteiger partial charge in [-0.3, -0.25) is 14.4 Å². The van der Waals surface area contributed by atoms with E-state index in [1.54, 1.807) is 15.9 Å². The van der Waals surface area contributed by atoms with Gasteiger partial charge in [-0.1, -0.05) is 6.07 Å². The topological polar surface area (TPSA) is 60.9 Å². The van der Waals surface area contributed by atoms with E-state index in [9.17, 15) is 18.8 Å². The molecule has 1 aromatic rings. The summed E-state index contributed by atoms with van der Waals surface area (Å²) in [7, 11) is 0. The number of amides is 3. The molecular formula is C16H20FN3O3. The lowest BCUT2D eigenvalue weighted by molar-refractivity contribution is -0.137. The zero-order valence-electron chi connectivity index (χ0n) is 13.3. The summed E-state index contributed by atoms with van der Waals surface area (Å²) in [6.45, 7) is 4.55. The van der Waals surface area contributed by atoms with E-state index in [4.69, 9.17) is 0 Å². The Bertz CT molecular complexity index is 612. The second-order valence-electron chi connectivity index (χ2n) is 5.47. The molecule has 1 aliphatic heterocycles. The monoisotopic (exact) mass is 321 g/mol. The van der Waals surface area contributed by atoms with E-state index in [0.717, 1.165) is 0 Å². The predicted molar refractivity (Wildman–Crippen MR) is 83.3 cm³/mol. The summed E-state index contributed by atoms with van der Waals surface area (Å²) >= 11 is 0. The van der Waals surface area contributed by atoms with Crippen molar-refractivity contribution in [2.45, 2.75) is 13.8 Å². The maximum absolute atomic E-state index is 13.3. The van der Waals surface area contributed by atoms with Crippen molar-refractivity contribution >= 4 is 23.4 Å². The molecule has 0 aromatic heterocycles. The van der Waals surface area contributed by atoms with Gasteiger partial charge in [0.2, 0.25) is 17.7 Å². The van der Waals surface area contributed by atoms with Crippen LogP contribution >= 0.6 is 0 Å². The van der Waals surface area contributed by atoms with E-state index in [0.29, 0.717) is 31.9 Å². The third kappa shape index (κ3) is 4.28. The molecule has 0 atom stereocenters. The van der Waals surface area contributed by atoms with Gasteiger partial charge in [0.25, 0.3) is 0 Å². The Kier molecular flexibility index (Phi) is 5.31. The fraction of sp³-hybridized carbons (Fsp3) is 0.438. The fourth-order valence-corrected chi connectivity index (χ4v) is 2.53. The Morgan fingerprint density at radius 3 is 2.22 bits per heavy atom. The van der Waals surface area contributed by atoms with Crippen LogP contribution in [0.2, 0.25) is 0 Å². The second-order valence-corrected chi connectivity index (χ2v) is 5.47.